The van der Waals surface area contributed by atoms with Crippen LogP contribution in [0.2, 0.25) is 0 Å². The predicted molar refractivity (Wildman–Crippen MR) is 46.3 cm³/mol. The van der Waals surface area contributed by atoms with Crippen molar-refractivity contribution in [3.63, 3.8) is 0 Å². The highest BCUT2D eigenvalue weighted by Gasteiger charge is 2.01. The van der Waals surface area contributed by atoms with Crippen LogP contribution < -0.4 is 11.2 Å². The molecule has 0 atom stereocenters. The zero-order chi connectivity index (χ0) is 9.14. The third kappa shape index (κ3) is 1.44. The van der Waals surface area contributed by atoms with Crippen LogP contribution in [0.15, 0.2) is 11.3 Å². The smallest absolute Gasteiger partial charge is 0.187 e. The molecule has 0 radical (unpaired) electrons. The number of hydrogen-bond acceptors (Lipinski definition) is 4. The van der Waals surface area contributed by atoms with Crippen LogP contribution >= 0.6 is 0 Å². The fourth-order valence-electron chi connectivity index (χ4n) is 0.968. The third-order valence-electron chi connectivity index (χ3n) is 1.52. The Morgan fingerprint density at radius 3 is 2.67 bits per heavy atom. The molecular formula is C7H13N5. The molecule has 0 aromatic carbocycles. The van der Waals surface area contributed by atoms with E-state index in [1.54, 1.807) is 11.7 Å². The summed E-state index contributed by atoms with van der Waals surface area (Å²) in [6.07, 6.45) is 1.43. The van der Waals surface area contributed by atoms with Crippen molar-refractivity contribution in [2.24, 2.45) is 4.99 Å². The van der Waals surface area contributed by atoms with E-state index in [1.807, 2.05) is 13.8 Å². The van der Waals surface area contributed by atoms with E-state index in [-0.39, 0.29) is 6.04 Å². The predicted octanol–water partition coefficient (Wildman–Crippen LogP) is -0.0283. The van der Waals surface area contributed by atoms with E-state index in [9.17, 15) is 0 Å². The van der Waals surface area contributed by atoms with E-state index in [2.05, 4.69) is 15.1 Å². The van der Waals surface area contributed by atoms with Crippen molar-refractivity contribution in [1.29, 1.82) is 0 Å². The van der Waals surface area contributed by atoms with E-state index in [1.165, 1.54) is 6.33 Å². The van der Waals surface area contributed by atoms with Gasteiger partial charge in [-0.3, -0.25) is 4.99 Å². The number of hydrogen-bond donors (Lipinski definition) is 1. The number of nitrogens with two attached hydrogens (primary N) is 1. The maximum Gasteiger partial charge on any atom is 0.187 e. The van der Waals surface area contributed by atoms with Crippen molar-refractivity contribution in [2.75, 3.05) is 12.8 Å². The monoisotopic (exact) mass is 167 g/mol. The van der Waals surface area contributed by atoms with Crippen LogP contribution in [0.25, 0.3) is 0 Å². The third-order valence-corrected chi connectivity index (χ3v) is 1.52. The maximum atomic E-state index is 5.60. The quantitative estimate of drug-likeness (QED) is 0.638. The van der Waals surface area contributed by atoms with Gasteiger partial charge in [-0.2, -0.15) is 5.10 Å². The van der Waals surface area contributed by atoms with Crippen LogP contribution in [0.1, 0.15) is 19.9 Å². The van der Waals surface area contributed by atoms with Crippen LogP contribution in [-0.2, 0) is 0 Å². The van der Waals surface area contributed by atoms with Gasteiger partial charge in [-0.15, -0.1) is 0 Å². The molecule has 1 rings (SSSR count). The van der Waals surface area contributed by atoms with Crippen LogP contribution in [0.4, 0.5) is 5.82 Å². The molecule has 5 heteroatoms. The molecule has 0 fully saturated rings. The van der Waals surface area contributed by atoms with Gasteiger partial charge >= 0.3 is 0 Å². The summed E-state index contributed by atoms with van der Waals surface area (Å²) in [6.45, 7) is 4.03. The molecule has 0 saturated heterocycles. The first-order valence-electron chi connectivity index (χ1n) is 3.79. The molecule has 0 bridgehead atoms. The second-order valence-electron chi connectivity index (χ2n) is 2.73. The van der Waals surface area contributed by atoms with E-state index in [4.69, 9.17) is 5.73 Å². The molecule has 1 heterocycles. The summed E-state index contributed by atoms with van der Waals surface area (Å²) in [6, 6.07) is 0.244. The highest BCUT2D eigenvalue weighted by atomic mass is 15.3. The number of anilines is 1. The maximum absolute atomic E-state index is 5.60. The highest BCUT2D eigenvalue weighted by molar-refractivity contribution is 5.20. The Labute approximate surface area is 71.0 Å². The zero-order valence-electron chi connectivity index (χ0n) is 7.52. The molecule has 2 N–H and O–H groups in total. The van der Waals surface area contributed by atoms with Gasteiger partial charge in [0.25, 0.3) is 0 Å². The van der Waals surface area contributed by atoms with Gasteiger partial charge in [-0.1, -0.05) is 0 Å². The summed E-state index contributed by atoms with van der Waals surface area (Å²) in [5.74, 6) is 0.418. The van der Waals surface area contributed by atoms with Gasteiger partial charge < -0.3 is 5.73 Å². The minimum absolute atomic E-state index is 0.244. The second-order valence-corrected chi connectivity index (χ2v) is 2.73. The summed E-state index contributed by atoms with van der Waals surface area (Å²) < 4.78 is 1.74. The lowest BCUT2D eigenvalue weighted by Crippen LogP contribution is -2.28. The van der Waals surface area contributed by atoms with Crippen molar-refractivity contribution < 1.29 is 0 Å². The lowest BCUT2D eigenvalue weighted by Gasteiger charge is -2.09. The number of nitrogens with zero attached hydrogens (tertiary/aromatic N) is 4. The molecule has 5 nitrogen and oxygen atoms in total. The minimum atomic E-state index is 0.244. The van der Waals surface area contributed by atoms with Gasteiger partial charge in [-0.25, -0.2) is 9.67 Å². The van der Waals surface area contributed by atoms with Crippen molar-refractivity contribution in [1.82, 2.24) is 14.8 Å². The Kier molecular flexibility index (Phi) is 2.42. The largest absolute Gasteiger partial charge is 0.381 e. The first-order valence-corrected chi connectivity index (χ1v) is 3.79. The second kappa shape index (κ2) is 3.34. The van der Waals surface area contributed by atoms with E-state index in [0.29, 0.717) is 11.3 Å². The number of nitrogen functional groups attached to an aromatic ring is 1. The Morgan fingerprint density at radius 1 is 1.58 bits per heavy atom. The summed E-state index contributed by atoms with van der Waals surface area (Å²) in [4.78, 5) is 7.85. The Hall–Kier alpha value is -1.39. The van der Waals surface area contributed by atoms with Crippen molar-refractivity contribution in [3.05, 3.63) is 11.8 Å². The molecule has 0 amide bonds. The van der Waals surface area contributed by atoms with Gasteiger partial charge in [0, 0.05) is 13.1 Å². The van der Waals surface area contributed by atoms with Crippen LogP contribution in [0.3, 0.4) is 0 Å². The molecule has 0 unspecified atom stereocenters. The average molecular weight is 167 g/mol. The number of aromatic nitrogens is 3. The Morgan fingerprint density at radius 2 is 2.25 bits per heavy atom. The summed E-state index contributed by atoms with van der Waals surface area (Å²) in [5, 5.41) is 4.04. The Bertz CT molecular complexity index is 325. The molecule has 1 aromatic heterocycles. The molecule has 0 spiro atoms. The molecule has 0 aliphatic heterocycles. The lowest BCUT2D eigenvalue weighted by atomic mass is 10.4. The first-order chi connectivity index (χ1) is 5.66. The van der Waals surface area contributed by atoms with E-state index >= 15 is 0 Å². The zero-order valence-corrected chi connectivity index (χ0v) is 7.52. The van der Waals surface area contributed by atoms with Gasteiger partial charge in [0.2, 0.25) is 0 Å². The van der Waals surface area contributed by atoms with Crippen molar-refractivity contribution in [3.8, 4) is 0 Å². The minimum Gasteiger partial charge on any atom is -0.381 e. The summed E-state index contributed by atoms with van der Waals surface area (Å²) in [7, 11) is 1.67. The standard InChI is InChI=1S/C7H13N5/c1-5(2)12-7(9-3)6(8)10-4-11-12/h4-5H,1-3H3,(H2,8,10,11). The molecule has 0 aliphatic carbocycles. The average Bonchev–Trinajstić information content (AvgIpc) is 2.03. The van der Waals surface area contributed by atoms with Crippen molar-refractivity contribution in [2.45, 2.75) is 19.9 Å². The number of rotatable bonds is 1. The Balaban J connectivity index is 3.39. The highest BCUT2D eigenvalue weighted by Crippen LogP contribution is 1.96. The normalized spacial score (nSPS) is 12.5. The molecule has 0 saturated carbocycles. The van der Waals surface area contributed by atoms with Crippen LogP contribution in [0.5, 0.6) is 0 Å². The molecule has 12 heavy (non-hydrogen) atoms. The molecular weight excluding hydrogens is 154 g/mol. The van der Waals surface area contributed by atoms with Crippen molar-refractivity contribution >= 4 is 5.82 Å². The van der Waals surface area contributed by atoms with Crippen LogP contribution in [-0.4, -0.2) is 21.8 Å². The lowest BCUT2D eigenvalue weighted by molar-refractivity contribution is 0.490. The topological polar surface area (TPSA) is 69.1 Å². The molecule has 1 aromatic rings. The van der Waals surface area contributed by atoms with Crippen LogP contribution in [0, 0.1) is 0 Å². The first kappa shape index (κ1) is 8.70. The fraction of sp³-hybridized carbons (Fsp3) is 0.571. The summed E-state index contributed by atoms with van der Waals surface area (Å²) >= 11 is 0. The van der Waals surface area contributed by atoms with Gasteiger partial charge in [-0.05, 0) is 13.8 Å². The molecule has 0 aliphatic rings. The van der Waals surface area contributed by atoms with Gasteiger partial charge in [0.05, 0.1) is 0 Å². The van der Waals surface area contributed by atoms with E-state index < -0.39 is 0 Å². The summed E-state index contributed by atoms with van der Waals surface area (Å²) in [5.41, 5.74) is 6.24. The molecule has 66 valence electrons. The SMILES string of the molecule is CN=c1c(N)ncnn1C(C)C. The van der Waals surface area contributed by atoms with Gasteiger partial charge in [0.1, 0.15) is 6.33 Å². The van der Waals surface area contributed by atoms with E-state index in [0.717, 1.165) is 0 Å². The van der Waals surface area contributed by atoms with Gasteiger partial charge in [0.15, 0.2) is 11.3 Å². The fourth-order valence-corrected chi connectivity index (χ4v) is 0.968.